The minimum absolute atomic E-state index is 0.119. The van der Waals surface area contributed by atoms with Gasteiger partial charge in [0.25, 0.3) is 0 Å². The minimum Gasteiger partial charge on any atom is -0.327 e. The van der Waals surface area contributed by atoms with Crippen molar-refractivity contribution in [2.75, 3.05) is 0 Å². The molecule has 2 fully saturated rings. The molecule has 0 amide bonds. The van der Waals surface area contributed by atoms with Crippen molar-refractivity contribution in [1.82, 2.24) is 0 Å². The van der Waals surface area contributed by atoms with Crippen LogP contribution in [0.1, 0.15) is 65.7 Å². The van der Waals surface area contributed by atoms with Gasteiger partial charge in [-0.25, -0.2) is 8.42 Å². The van der Waals surface area contributed by atoms with Crippen molar-refractivity contribution in [2.45, 2.75) is 82.3 Å². The Hall–Kier alpha value is -0.0900. The van der Waals surface area contributed by atoms with Crippen molar-refractivity contribution in [3.05, 3.63) is 0 Å². The number of nitrogens with two attached hydrogens (primary N) is 1. The van der Waals surface area contributed by atoms with Gasteiger partial charge in [-0.2, -0.15) is 0 Å². The number of hydrogen-bond donors (Lipinski definition) is 1. The molecule has 0 saturated heterocycles. The van der Waals surface area contributed by atoms with Crippen LogP contribution in [0.15, 0.2) is 0 Å². The molecular formula is C15H29NO2S. The summed E-state index contributed by atoms with van der Waals surface area (Å²) < 4.78 is 25.8. The highest BCUT2D eigenvalue weighted by Crippen LogP contribution is 2.40. The summed E-state index contributed by atoms with van der Waals surface area (Å²) >= 11 is 0. The lowest BCUT2D eigenvalue weighted by Crippen LogP contribution is -2.50. The van der Waals surface area contributed by atoms with E-state index in [-0.39, 0.29) is 22.0 Å². The van der Waals surface area contributed by atoms with Gasteiger partial charge in [-0.05, 0) is 43.4 Å². The van der Waals surface area contributed by atoms with Gasteiger partial charge in [0.2, 0.25) is 0 Å². The minimum atomic E-state index is -3.06. The highest BCUT2D eigenvalue weighted by atomic mass is 32.2. The molecule has 4 unspecified atom stereocenters. The largest absolute Gasteiger partial charge is 0.327 e. The Morgan fingerprint density at radius 2 is 1.84 bits per heavy atom. The predicted molar refractivity (Wildman–Crippen MR) is 79.7 cm³/mol. The van der Waals surface area contributed by atoms with Crippen LogP contribution in [0.25, 0.3) is 0 Å². The molecule has 2 aliphatic rings. The fourth-order valence-corrected chi connectivity index (χ4v) is 6.72. The van der Waals surface area contributed by atoms with Gasteiger partial charge in [0.1, 0.15) is 0 Å². The van der Waals surface area contributed by atoms with Gasteiger partial charge in [0.15, 0.2) is 9.84 Å². The van der Waals surface area contributed by atoms with Gasteiger partial charge in [-0.15, -0.1) is 0 Å². The lowest BCUT2D eigenvalue weighted by Gasteiger charge is -2.41. The monoisotopic (exact) mass is 287 g/mol. The summed E-state index contributed by atoms with van der Waals surface area (Å²) in [5.41, 5.74) is 6.27. The van der Waals surface area contributed by atoms with E-state index in [9.17, 15) is 8.42 Å². The van der Waals surface area contributed by atoms with Crippen molar-refractivity contribution in [3.63, 3.8) is 0 Å². The summed E-state index contributed by atoms with van der Waals surface area (Å²) in [6, 6.07) is -0.157. The normalized spacial score (nSPS) is 40.0. The smallest absolute Gasteiger partial charge is 0.157 e. The lowest BCUT2D eigenvalue weighted by atomic mass is 9.75. The van der Waals surface area contributed by atoms with Gasteiger partial charge < -0.3 is 5.73 Å². The molecule has 4 atom stereocenters. The molecule has 0 heterocycles. The van der Waals surface area contributed by atoms with E-state index in [2.05, 4.69) is 20.8 Å². The van der Waals surface area contributed by atoms with E-state index in [1.165, 1.54) is 6.42 Å². The summed E-state index contributed by atoms with van der Waals surface area (Å²) in [6.45, 7) is 6.52. The van der Waals surface area contributed by atoms with E-state index in [0.29, 0.717) is 5.92 Å². The Balaban J connectivity index is 2.17. The quantitative estimate of drug-likeness (QED) is 0.849. The van der Waals surface area contributed by atoms with E-state index in [0.717, 1.165) is 38.5 Å². The maximum atomic E-state index is 12.9. The molecule has 0 aliphatic heterocycles. The topological polar surface area (TPSA) is 60.2 Å². The van der Waals surface area contributed by atoms with Crippen LogP contribution in [0.5, 0.6) is 0 Å². The molecule has 4 heteroatoms. The highest BCUT2D eigenvalue weighted by Gasteiger charge is 2.44. The second kappa shape index (κ2) is 5.36. The second-order valence-corrected chi connectivity index (χ2v) is 10.0. The summed E-state index contributed by atoms with van der Waals surface area (Å²) in [5.74, 6) is 0.543. The third-order valence-corrected chi connectivity index (χ3v) is 7.88. The van der Waals surface area contributed by atoms with E-state index >= 15 is 0 Å². The van der Waals surface area contributed by atoms with Crippen LogP contribution in [-0.4, -0.2) is 25.0 Å². The van der Waals surface area contributed by atoms with Gasteiger partial charge in [-0.1, -0.05) is 33.6 Å². The molecule has 2 N–H and O–H groups in total. The van der Waals surface area contributed by atoms with Crippen LogP contribution in [0, 0.1) is 11.3 Å². The van der Waals surface area contributed by atoms with Crippen LogP contribution in [0.4, 0.5) is 0 Å². The first-order chi connectivity index (χ1) is 8.72. The molecule has 2 rings (SSSR count). The molecule has 0 radical (unpaired) electrons. The zero-order chi connectivity index (χ0) is 14.3. The molecule has 112 valence electrons. The van der Waals surface area contributed by atoms with Gasteiger partial charge in [0, 0.05) is 6.04 Å². The Labute approximate surface area is 118 Å². The number of rotatable bonds is 2. The van der Waals surface area contributed by atoms with Crippen molar-refractivity contribution in [3.8, 4) is 0 Å². The van der Waals surface area contributed by atoms with Gasteiger partial charge in [0.05, 0.1) is 10.5 Å². The Morgan fingerprint density at radius 1 is 1.16 bits per heavy atom. The number of hydrogen-bond acceptors (Lipinski definition) is 3. The zero-order valence-corrected chi connectivity index (χ0v) is 13.4. The summed E-state index contributed by atoms with van der Waals surface area (Å²) in [7, 11) is -3.06. The molecule has 2 saturated carbocycles. The third-order valence-electron chi connectivity index (χ3n) is 5.16. The van der Waals surface area contributed by atoms with Crippen LogP contribution in [0.2, 0.25) is 0 Å². The van der Waals surface area contributed by atoms with Crippen LogP contribution >= 0.6 is 0 Å². The molecule has 19 heavy (non-hydrogen) atoms. The standard InChI is InChI=1S/C15H29NO2S/c1-11-5-4-6-12(9-11)19(17,18)14-10-15(2,3)8-7-13(14)16/h11-14H,4-10,16H2,1-3H3. The first-order valence-corrected chi connectivity index (χ1v) is 9.31. The lowest BCUT2D eigenvalue weighted by molar-refractivity contribution is 0.225. The summed E-state index contributed by atoms with van der Waals surface area (Å²) in [5, 5.41) is -0.451. The molecule has 3 nitrogen and oxygen atoms in total. The van der Waals surface area contributed by atoms with Crippen molar-refractivity contribution in [2.24, 2.45) is 17.1 Å². The van der Waals surface area contributed by atoms with E-state index in [1.807, 2.05) is 0 Å². The molecule has 0 bridgehead atoms. The fraction of sp³-hybridized carbons (Fsp3) is 1.00. The number of sulfone groups is 1. The summed E-state index contributed by atoms with van der Waals surface area (Å²) in [4.78, 5) is 0. The van der Waals surface area contributed by atoms with E-state index in [4.69, 9.17) is 5.73 Å². The first kappa shape index (κ1) is 15.3. The molecule has 0 aromatic heterocycles. The van der Waals surface area contributed by atoms with Crippen LogP contribution in [-0.2, 0) is 9.84 Å². The van der Waals surface area contributed by atoms with Crippen LogP contribution < -0.4 is 5.73 Å². The summed E-state index contributed by atoms with van der Waals surface area (Å²) in [6.07, 6.45) is 6.54. The molecule has 0 aromatic rings. The molecule has 0 spiro atoms. The first-order valence-electron chi connectivity index (χ1n) is 7.71. The van der Waals surface area contributed by atoms with E-state index in [1.54, 1.807) is 0 Å². The van der Waals surface area contributed by atoms with Crippen molar-refractivity contribution >= 4 is 9.84 Å². The predicted octanol–water partition coefficient (Wildman–Crippen LogP) is 2.89. The van der Waals surface area contributed by atoms with Crippen molar-refractivity contribution < 1.29 is 8.42 Å². The fourth-order valence-electron chi connectivity index (χ4n) is 3.83. The average molecular weight is 287 g/mol. The molecule has 0 aromatic carbocycles. The van der Waals surface area contributed by atoms with Gasteiger partial charge >= 0.3 is 0 Å². The molecular weight excluding hydrogens is 258 g/mol. The van der Waals surface area contributed by atoms with Gasteiger partial charge in [-0.3, -0.25) is 0 Å². The average Bonchev–Trinajstić information content (AvgIpc) is 2.32. The zero-order valence-electron chi connectivity index (χ0n) is 12.6. The SMILES string of the molecule is CC1CCCC(S(=O)(=O)C2CC(C)(C)CCC2N)C1. The maximum Gasteiger partial charge on any atom is 0.157 e. The third kappa shape index (κ3) is 3.33. The Morgan fingerprint density at radius 3 is 2.47 bits per heavy atom. The Bertz CT molecular complexity index is 416. The Kier molecular flexibility index (Phi) is 4.32. The second-order valence-electron chi connectivity index (χ2n) is 7.59. The maximum absolute atomic E-state index is 12.9. The van der Waals surface area contributed by atoms with Crippen molar-refractivity contribution in [1.29, 1.82) is 0 Å². The van der Waals surface area contributed by atoms with Crippen LogP contribution in [0.3, 0.4) is 0 Å². The highest BCUT2D eigenvalue weighted by molar-refractivity contribution is 7.92. The molecule has 2 aliphatic carbocycles. The van der Waals surface area contributed by atoms with E-state index < -0.39 is 9.84 Å².